The van der Waals surface area contributed by atoms with E-state index in [0.717, 1.165) is 38.1 Å². The van der Waals surface area contributed by atoms with E-state index in [1.54, 1.807) is 0 Å². The number of allylic oxidation sites excluding steroid dienone is 6. The van der Waals surface area contributed by atoms with Gasteiger partial charge in [0.15, 0.2) is 0 Å². The molecular weight excluding hydrogens is 626 g/mol. The molecule has 8 nitrogen and oxygen atoms in total. The molecule has 5 rings (SSSR count). The van der Waals surface area contributed by atoms with Crippen LogP contribution in [0.2, 0.25) is 0 Å². The van der Waals surface area contributed by atoms with Gasteiger partial charge in [-0.3, -0.25) is 8.86 Å². The lowest BCUT2D eigenvalue weighted by molar-refractivity contribution is 0.466. The van der Waals surface area contributed by atoms with Gasteiger partial charge >= 0.3 is 0 Å². The molecule has 0 fully saturated rings. The molecule has 0 saturated carbocycles. The Balaban J connectivity index is 1.50. The number of nitrogens with one attached hydrogen (secondary N) is 1. The summed E-state index contributed by atoms with van der Waals surface area (Å²) in [6.07, 6.45) is 10.1. The molecule has 2 aromatic rings. The maximum Gasteiger partial charge on any atom is 0.264 e. The summed E-state index contributed by atoms with van der Waals surface area (Å²) in [5.74, 6) is -0.290. The van der Waals surface area contributed by atoms with Gasteiger partial charge in [0, 0.05) is 41.5 Å². The zero-order chi connectivity index (χ0) is 33.5. The van der Waals surface area contributed by atoms with Crippen molar-refractivity contribution < 1.29 is 25.8 Å². The maximum atomic E-state index is 13.8. The van der Waals surface area contributed by atoms with E-state index in [0.29, 0.717) is 37.9 Å². The van der Waals surface area contributed by atoms with Gasteiger partial charge in [0.05, 0.1) is 17.5 Å². The summed E-state index contributed by atoms with van der Waals surface area (Å²) in [5, 5.41) is 3.50. The predicted octanol–water partition coefficient (Wildman–Crippen LogP) is 6.83. The lowest BCUT2D eigenvalue weighted by Gasteiger charge is -2.32. The molecule has 0 bridgehead atoms. The van der Waals surface area contributed by atoms with Crippen LogP contribution in [0.15, 0.2) is 95.4 Å². The predicted molar refractivity (Wildman–Crippen MR) is 184 cm³/mol. The fourth-order valence-electron chi connectivity index (χ4n) is 7.02. The fraction of sp³-hybridized carbons (Fsp3) is 0.429. The lowest BCUT2D eigenvalue weighted by atomic mass is 9.80. The van der Waals surface area contributed by atoms with Crippen molar-refractivity contribution in [3.05, 3.63) is 107 Å². The molecule has 0 saturated heterocycles. The summed E-state index contributed by atoms with van der Waals surface area (Å²) in [5.41, 5.74) is 7.01. The standard InChI is InChI=1S/C35H44FN3O5S2/c1-34(2)27-12-6-8-14-29(27)37-31(34)20-18-25-16-17-26(33(25)38(5)45(40,41)24-36)19-21-32-35(3,4)28-13-7-9-15-30(28)39(32)22-10-11-23-46(42,43)44/h6-9,12-15,18-21,32,37H,10-11,16-17,22-24H2,1-5H3,(H,42,43,44)/b21-19+,25-18+,31-20+. The highest BCUT2D eigenvalue weighted by Gasteiger charge is 2.43. The van der Waals surface area contributed by atoms with Crippen LogP contribution in [0, 0.1) is 0 Å². The zero-order valence-electron chi connectivity index (χ0n) is 27.1. The number of hydrogen-bond acceptors (Lipinski definition) is 6. The first-order valence-electron chi connectivity index (χ1n) is 15.6. The largest absolute Gasteiger partial charge is 0.364 e. The van der Waals surface area contributed by atoms with Crippen LogP contribution in [-0.4, -0.2) is 57.1 Å². The summed E-state index contributed by atoms with van der Waals surface area (Å²) in [4.78, 5) is 2.25. The number of rotatable bonds is 11. The number of benzene rings is 2. The van der Waals surface area contributed by atoms with Gasteiger partial charge in [-0.2, -0.15) is 8.42 Å². The van der Waals surface area contributed by atoms with Gasteiger partial charge in [-0.15, -0.1) is 0 Å². The Morgan fingerprint density at radius 3 is 2.33 bits per heavy atom. The highest BCUT2D eigenvalue weighted by molar-refractivity contribution is 7.89. The van der Waals surface area contributed by atoms with E-state index in [4.69, 9.17) is 0 Å². The summed E-state index contributed by atoms with van der Waals surface area (Å²) < 4.78 is 72.3. The normalized spacial score (nSPS) is 22.2. The van der Waals surface area contributed by atoms with Gasteiger partial charge in [0.25, 0.3) is 20.1 Å². The van der Waals surface area contributed by atoms with Gasteiger partial charge < -0.3 is 10.2 Å². The zero-order valence-corrected chi connectivity index (χ0v) is 28.8. The van der Waals surface area contributed by atoms with Crippen molar-refractivity contribution in [3.8, 4) is 0 Å². The number of halogens is 1. The second-order valence-corrected chi connectivity index (χ2v) is 16.9. The molecule has 1 unspecified atom stereocenters. The van der Waals surface area contributed by atoms with Crippen molar-refractivity contribution in [2.75, 3.05) is 35.6 Å². The molecule has 3 aliphatic rings. The van der Waals surface area contributed by atoms with Crippen molar-refractivity contribution in [1.29, 1.82) is 0 Å². The molecule has 2 N–H and O–H groups in total. The van der Waals surface area contributed by atoms with Crippen molar-refractivity contribution in [2.45, 2.75) is 70.3 Å². The SMILES string of the molecule is CN(C1=C(/C=C/C2N(CCCCS(=O)(=O)O)c3ccccc3C2(C)C)CC/C1=C\C=C1\Nc2ccccc2C1(C)C)S(=O)(=O)CF. The Hall–Kier alpha value is -3.41. The third kappa shape index (κ3) is 6.55. The number of sulfonamides is 1. The van der Waals surface area contributed by atoms with Crippen molar-refractivity contribution in [1.82, 2.24) is 4.31 Å². The molecule has 0 spiro atoms. The molecule has 46 heavy (non-hydrogen) atoms. The Labute approximate surface area is 273 Å². The highest BCUT2D eigenvalue weighted by atomic mass is 32.2. The summed E-state index contributed by atoms with van der Waals surface area (Å²) >= 11 is 0. The number of anilines is 2. The Kier molecular flexibility index (Phi) is 9.34. The summed E-state index contributed by atoms with van der Waals surface area (Å²) in [7, 11) is -6.80. The van der Waals surface area contributed by atoms with Crippen LogP contribution in [0.25, 0.3) is 0 Å². The van der Waals surface area contributed by atoms with Crippen LogP contribution in [0.3, 0.4) is 0 Å². The van der Waals surface area contributed by atoms with Crippen LogP contribution in [-0.2, 0) is 31.0 Å². The topological polar surface area (TPSA) is 107 Å². The average molecular weight is 670 g/mol. The fourth-order valence-corrected chi connectivity index (χ4v) is 8.24. The van der Waals surface area contributed by atoms with Gasteiger partial charge in [-0.1, -0.05) is 82.3 Å². The van der Waals surface area contributed by atoms with E-state index in [-0.39, 0.29) is 22.6 Å². The highest BCUT2D eigenvalue weighted by Crippen LogP contribution is 2.47. The van der Waals surface area contributed by atoms with E-state index in [1.165, 1.54) is 12.6 Å². The lowest BCUT2D eigenvalue weighted by Crippen LogP contribution is -2.40. The van der Waals surface area contributed by atoms with Gasteiger partial charge in [0.1, 0.15) is 0 Å². The van der Waals surface area contributed by atoms with Crippen LogP contribution >= 0.6 is 0 Å². The van der Waals surface area contributed by atoms with Gasteiger partial charge in [0.2, 0.25) is 6.01 Å². The number of unbranched alkanes of at least 4 members (excludes halogenated alkanes) is 1. The molecule has 2 aliphatic heterocycles. The second-order valence-electron chi connectivity index (χ2n) is 13.4. The summed E-state index contributed by atoms with van der Waals surface area (Å²) in [6.45, 7) is 9.19. The first-order chi connectivity index (χ1) is 21.6. The molecule has 0 aromatic heterocycles. The molecule has 0 radical (unpaired) electrons. The number of hydrogen-bond donors (Lipinski definition) is 2. The Morgan fingerprint density at radius 1 is 0.978 bits per heavy atom. The number of likely N-dealkylation sites (N-methyl/N-ethyl adjacent to an activating group) is 1. The molecule has 0 amide bonds. The Morgan fingerprint density at radius 2 is 1.65 bits per heavy atom. The molecule has 1 atom stereocenters. The van der Waals surface area contributed by atoms with E-state index >= 15 is 0 Å². The van der Waals surface area contributed by atoms with Gasteiger partial charge in [-0.25, -0.2) is 12.8 Å². The molecule has 2 aromatic carbocycles. The maximum absolute atomic E-state index is 13.8. The minimum atomic E-state index is -4.18. The van der Waals surface area contributed by atoms with Crippen LogP contribution in [0.5, 0.6) is 0 Å². The number of fused-ring (bicyclic) bond motifs is 2. The molecular formula is C35H44FN3O5S2. The monoisotopic (exact) mass is 669 g/mol. The average Bonchev–Trinajstić information content (AvgIpc) is 3.59. The molecule has 2 heterocycles. The molecule has 248 valence electrons. The third-order valence-electron chi connectivity index (χ3n) is 9.65. The van der Waals surface area contributed by atoms with Crippen LogP contribution in [0.4, 0.5) is 15.8 Å². The van der Waals surface area contributed by atoms with E-state index in [1.807, 2.05) is 48.6 Å². The first-order valence-corrected chi connectivity index (χ1v) is 18.8. The van der Waals surface area contributed by atoms with Crippen LogP contribution < -0.4 is 10.2 Å². The molecule has 11 heteroatoms. The minimum absolute atomic E-state index is 0.107. The van der Waals surface area contributed by atoms with Crippen molar-refractivity contribution in [2.24, 2.45) is 0 Å². The number of alkyl halides is 1. The van der Waals surface area contributed by atoms with Crippen molar-refractivity contribution in [3.63, 3.8) is 0 Å². The van der Waals surface area contributed by atoms with Gasteiger partial charge in [-0.05, 0) is 66.2 Å². The molecule has 1 aliphatic carbocycles. The van der Waals surface area contributed by atoms with E-state index < -0.39 is 26.1 Å². The quantitative estimate of drug-likeness (QED) is 0.200. The number of nitrogens with zero attached hydrogens (tertiary/aromatic N) is 2. The Bertz CT molecular complexity index is 1840. The van der Waals surface area contributed by atoms with Crippen LogP contribution in [0.1, 0.15) is 64.5 Å². The van der Waals surface area contributed by atoms with E-state index in [9.17, 15) is 25.8 Å². The second kappa shape index (κ2) is 12.7. The van der Waals surface area contributed by atoms with E-state index in [2.05, 4.69) is 62.2 Å². The van der Waals surface area contributed by atoms with Crippen molar-refractivity contribution >= 4 is 31.5 Å². The summed E-state index contributed by atoms with van der Waals surface area (Å²) in [6, 6.07) is 14.7. The first kappa shape index (κ1) is 33.9. The number of para-hydroxylation sites is 2. The smallest absolute Gasteiger partial charge is 0.264 e. The third-order valence-corrected chi connectivity index (χ3v) is 11.7. The minimum Gasteiger partial charge on any atom is -0.364 e.